The van der Waals surface area contributed by atoms with E-state index in [0.29, 0.717) is 11.0 Å². The van der Waals surface area contributed by atoms with Gasteiger partial charge in [0.05, 0.1) is 11.0 Å². The maximum Gasteiger partial charge on any atom is 0.201 e. The van der Waals surface area contributed by atoms with Crippen molar-refractivity contribution in [1.29, 1.82) is 0 Å². The van der Waals surface area contributed by atoms with Gasteiger partial charge in [0.15, 0.2) is 0 Å². The predicted molar refractivity (Wildman–Crippen MR) is 81.6 cm³/mol. The monoisotopic (exact) mass is 280 g/mol. The molecule has 1 aromatic carbocycles. The summed E-state index contributed by atoms with van der Waals surface area (Å²) in [6, 6.07) is 5.72. The van der Waals surface area contributed by atoms with Crippen molar-refractivity contribution in [3.05, 3.63) is 23.2 Å². The van der Waals surface area contributed by atoms with Crippen LogP contribution in [-0.2, 0) is 6.54 Å². The van der Waals surface area contributed by atoms with Crippen LogP contribution in [0.3, 0.4) is 0 Å². The lowest BCUT2D eigenvalue weighted by atomic mass is 10.3. The summed E-state index contributed by atoms with van der Waals surface area (Å²) in [4.78, 5) is 6.78. The first-order valence-electron chi connectivity index (χ1n) is 6.79. The van der Waals surface area contributed by atoms with Crippen LogP contribution in [0, 0.1) is 0 Å². The molecule has 0 atom stereocenters. The highest BCUT2D eigenvalue weighted by Gasteiger charge is 2.09. The molecule has 4 nitrogen and oxygen atoms in total. The van der Waals surface area contributed by atoms with Gasteiger partial charge in [-0.25, -0.2) is 4.98 Å². The minimum atomic E-state index is 0.560. The highest BCUT2D eigenvalue weighted by molar-refractivity contribution is 6.31. The van der Waals surface area contributed by atoms with Gasteiger partial charge in [-0.05, 0) is 37.7 Å². The Bertz CT molecular complexity index is 550. The molecule has 1 aromatic heterocycles. The Hall–Kier alpha value is -1.26. The molecular weight excluding hydrogens is 260 g/mol. The predicted octanol–water partition coefficient (Wildman–Crippen LogP) is 3.00. The topological polar surface area (TPSA) is 47.1 Å². The highest BCUT2D eigenvalue weighted by atomic mass is 35.5. The van der Waals surface area contributed by atoms with Crippen LogP contribution in [0.25, 0.3) is 11.0 Å². The van der Waals surface area contributed by atoms with E-state index in [-0.39, 0.29) is 0 Å². The number of hydrogen-bond acceptors (Lipinski definition) is 3. The number of fused-ring (bicyclic) bond motifs is 1. The first-order chi connectivity index (χ1) is 9.15. The van der Waals surface area contributed by atoms with E-state index in [4.69, 9.17) is 17.3 Å². The smallest absolute Gasteiger partial charge is 0.201 e. The van der Waals surface area contributed by atoms with Gasteiger partial charge in [0.2, 0.25) is 5.95 Å². The molecule has 0 aliphatic heterocycles. The van der Waals surface area contributed by atoms with Crippen molar-refractivity contribution < 1.29 is 0 Å². The van der Waals surface area contributed by atoms with E-state index >= 15 is 0 Å². The van der Waals surface area contributed by atoms with Crippen LogP contribution in [-0.4, -0.2) is 34.1 Å². The van der Waals surface area contributed by atoms with Crippen molar-refractivity contribution in [2.45, 2.75) is 26.8 Å². The number of likely N-dealkylation sites (N-methyl/N-ethyl adjacent to an activating group) is 1. The fraction of sp³-hybridized carbons (Fsp3) is 0.500. The van der Waals surface area contributed by atoms with Gasteiger partial charge >= 0.3 is 0 Å². The number of nitrogen functional groups attached to an aromatic ring is 1. The van der Waals surface area contributed by atoms with Gasteiger partial charge in [0.25, 0.3) is 0 Å². The van der Waals surface area contributed by atoms with Gasteiger partial charge in [-0.15, -0.1) is 0 Å². The Labute approximate surface area is 119 Å². The zero-order valence-electron chi connectivity index (χ0n) is 11.6. The van der Waals surface area contributed by atoms with Crippen molar-refractivity contribution in [2.75, 3.05) is 25.4 Å². The molecule has 5 heteroatoms. The molecule has 2 aromatic rings. The fourth-order valence-electron chi connectivity index (χ4n) is 2.34. The minimum absolute atomic E-state index is 0.560. The average Bonchev–Trinajstić information content (AvgIpc) is 2.69. The third-order valence-corrected chi connectivity index (χ3v) is 3.60. The lowest BCUT2D eigenvalue weighted by Crippen LogP contribution is -2.28. The van der Waals surface area contributed by atoms with Crippen molar-refractivity contribution in [1.82, 2.24) is 14.5 Å². The molecule has 2 N–H and O–H groups in total. The van der Waals surface area contributed by atoms with E-state index in [0.717, 1.165) is 37.2 Å². The molecular formula is C14H21ClN4. The molecule has 1 heterocycles. The second-order valence-electron chi connectivity index (χ2n) is 4.69. The maximum absolute atomic E-state index is 6.00. The number of hydrogen-bond donors (Lipinski definition) is 1. The van der Waals surface area contributed by atoms with Gasteiger partial charge < -0.3 is 15.2 Å². The van der Waals surface area contributed by atoms with Crippen molar-refractivity contribution in [3.8, 4) is 0 Å². The molecule has 0 unspecified atom stereocenters. The molecule has 0 fully saturated rings. The number of rotatable bonds is 6. The maximum atomic E-state index is 6.00. The van der Waals surface area contributed by atoms with Gasteiger partial charge in [-0.2, -0.15) is 0 Å². The molecule has 19 heavy (non-hydrogen) atoms. The van der Waals surface area contributed by atoms with Crippen LogP contribution in [0.15, 0.2) is 18.2 Å². The van der Waals surface area contributed by atoms with Crippen LogP contribution in [0.4, 0.5) is 5.95 Å². The van der Waals surface area contributed by atoms with E-state index in [1.54, 1.807) is 0 Å². The Morgan fingerprint density at radius 3 is 2.79 bits per heavy atom. The molecule has 104 valence electrons. The number of anilines is 1. The lowest BCUT2D eigenvalue weighted by Gasteiger charge is -2.20. The summed E-state index contributed by atoms with van der Waals surface area (Å²) < 4.78 is 2.06. The third kappa shape index (κ3) is 3.19. The number of imidazole rings is 1. The average molecular weight is 281 g/mol. The van der Waals surface area contributed by atoms with E-state index in [1.807, 2.05) is 18.2 Å². The first kappa shape index (κ1) is 14.2. The van der Waals surface area contributed by atoms with Crippen LogP contribution < -0.4 is 5.73 Å². The third-order valence-electron chi connectivity index (χ3n) is 3.37. The summed E-state index contributed by atoms with van der Waals surface area (Å²) in [6.45, 7) is 8.41. The zero-order valence-corrected chi connectivity index (χ0v) is 12.3. The highest BCUT2D eigenvalue weighted by Crippen LogP contribution is 2.21. The Morgan fingerprint density at radius 1 is 1.32 bits per heavy atom. The standard InChI is InChI=1S/C14H21ClN4/c1-3-7-18(4-2)8-9-19-13-6-5-11(15)10-12(13)17-14(19)16/h5-6,10H,3-4,7-9H2,1-2H3,(H2,16,17). The van der Waals surface area contributed by atoms with Crippen molar-refractivity contribution >= 4 is 28.6 Å². The van der Waals surface area contributed by atoms with Crippen LogP contribution in [0.5, 0.6) is 0 Å². The molecule has 0 aliphatic rings. The second-order valence-corrected chi connectivity index (χ2v) is 5.13. The van der Waals surface area contributed by atoms with Crippen LogP contribution >= 0.6 is 11.6 Å². The second kappa shape index (κ2) is 6.26. The first-order valence-corrected chi connectivity index (χ1v) is 7.17. The molecule has 0 radical (unpaired) electrons. The van der Waals surface area contributed by atoms with Gasteiger partial charge in [-0.1, -0.05) is 25.4 Å². The largest absolute Gasteiger partial charge is 0.369 e. The molecule has 0 spiro atoms. The molecule has 0 bridgehead atoms. The number of nitrogens with two attached hydrogens (primary N) is 1. The molecule has 2 rings (SSSR count). The summed E-state index contributed by atoms with van der Waals surface area (Å²) in [6.07, 6.45) is 1.17. The SMILES string of the molecule is CCCN(CC)CCn1c(N)nc2cc(Cl)ccc21. The number of aromatic nitrogens is 2. The van der Waals surface area contributed by atoms with Crippen molar-refractivity contribution in [2.24, 2.45) is 0 Å². The quantitative estimate of drug-likeness (QED) is 0.885. The van der Waals surface area contributed by atoms with Gasteiger partial charge in [0.1, 0.15) is 0 Å². The lowest BCUT2D eigenvalue weighted by molar-refractivity contribution is 0.278. The summed E-state index contributed by atoms with van der Waals surface area (Å²) >= 11 is 5.97. The molecule has 0 saturated heterocycles. The fourth-order valence-corrected chi connectivity index (χ4v) is 2.51. The summed E-state index contributed by atoms with van der Waals surface area (Å²) in [7, 11) is 0. The van der Waals surface area contributed by atoms with Gasteiger partial charge in [-0.3, -0.25) is 0 Å². The summed E-state index contributed by atoms with van der Waals surface area (Å²) in [5.41, 5.74) is 7.91. The Kier molecular flexibility index (Phi) is 4.66. The van der Waals surface area contributed by atoms with E-state index in [9.17, 15) is 0 Å². The Morgan fingerprint density at radius 2 is 2.11 bits per heavy atom. The van der Waals surface area contributed by atoms with E-state index < -0.39 is 0 Å². The number of benzene rings is 1. The van der Waals surface area contributed by atoms with Crippen LogP contribution in [0.1, 0.15) is 20.3 Å². The van der Waals surface area contributed by atoms with E-state index in [2.05, 4.69) is 28.3 Å². The number of nitrogens with zero attached hydrogens (tertiary/aromatic N) is 3. The van der Waals surface area contributed by atoms with Gasteiger partial charge in [0, 0.05) is 18.1 Å². The summed E-state index contributed by atoms with van der Waals surface area (Å²) in [5.74, 6) is 0.560. The molecule has 0 aliphatic carbocycles. The van der Waals surface area contributed by atoms with E-state index in [1.165, 1.54) is 6.42 Å². The minimum Gasteiger partial charge on any atom is -0.369 e. The van der Waals surface area contributed by atoms with Crippen molar-refractivity contribution in [3.63, 3.8) is 0 Å². The summed E-state index contributed by atoms with van der Waals surface area (Å²) in [5, 5.41) is 0.693. The Balaban J connectivity index is 2.18. The number of halogens is 1. The zero-order chi connectivity index (χ0) is 13.8. The normalized spacial score (nSPS) is 11.6. The molecule has 0 saturated carbocycles. The molecule has 0 amide bonds. The van der Waals surface area contributed by atoms with Crippen LogP contribution in [0.2, 0.25) is 5.02 Å².